The van der Waals surface area contributed by atoms with E-state index in [4.69, 9.17) is 0 Å². The lowest BCUT2D eigenvalue weighted by atomic mass is 10.2. The van der Waals surface area contributed by atoms with E-state index in [9.17, 15) is 19.3 Å². The number of likely N-dealkylation sites (N-methyl/N-ethyl adjacent to an activating group) is 1. The molecule has 0 aliphatic carbocycles. The summed E-state index contributed by atoms with van der Waals surface area (Å²) >= 11 is 0. The van der Waals surface area contributed by atoms with Crippen molar-refractivity contribution < 1.29 is 14.1 Å². The van der Waals surface area contributed by atoms with Gasteiger partial charge in [0.05, 0.1) is 11.5 Å². The molecule has 6 nitrogen and oxygen atoms in total. The number of nitrogens with one attached hydrogen (secondary N) is 1. The molecule has 0 saturated heterocycles. The molecule has 0 aliphatic rings. The molecule has 0 fully saturated rings. The third-order valence-electron chi connectivity index (χ3n) is 2.80. The van der Waals surface area contributed by atoms with E-state index in [0.29, 0.717) is 18.7 Å². The molecule has 1 amide bonds. The molecule has 0 spiro atoms. The summed E-state index contributed by atoms with van der Waals surface area (Å²) in [5, 5.41) is 13.1. The Morgan fingerprint density at radius 2 is 2.20 bits per heavy atom. The fourth-order valence-corrected chi connectivity index (χ4v) is 1.87. The monoisotopic (exact) mass is 283 g/mol. The molecule has 1 N–H and O–H groups in total. The van der Waals surface area contributed by atoms with Crippen LogP contribution < -0.4 is 5.32 Å². The van der Waals surface area contributed by atoms with Crippen LogP contribution in [0.1, 0.15) is 18.9 Å². The second kappa shape index (κ2) is 7.54. The van der Waals surface area contributed by atoms with E-state index in [1.54, 1.807) is 7.05 Å². The lowest BCUT2D eigenvalue weighted by Gasteiger charge is -2.20. The van der Waals surface area contributed by atoms with Gasteiger partial charge in [-0.15, -0.1) is 0 Å². The maximum atomic E-state index is 13.5. The maximum Gasteiger partial charge on any atom is 0.304 e. The molecule has 0 atom stereocenters. The SMILES string of the molecule is CCCN(CC(=O)NC)Cc1ccc([N+](=O)[O-])c(F)c1. The van der Waals surface area contributed by atoms with Gasteiger partial charge in [0.15, 0.2) is 0 Å². The smallest absolute Gasteiger partial charge is 0.304 e. The summed E-state index contributed by atoms with van der Waals surface area (Å²) in [4.78, 5) is 23.0. The minimum atomic E-state index is -0.858. The Labute approximate surface area is 116 Å². The van der Waals surface area contributed by atoms with Gasteiger partial charge in [-0.05, 0) is 24.6 Å². The maximum absolute atomic E-state index is 13.5. The van der Waals surface area contributed by atoms with Crippen LogP contribution in [0.15, 0.2) is 18.2 Å². The van der Waals surface area contributed by atoms with Gasteiger partial charge in [-0.2, -0.15) is 4.39 Å². The molecule has 1 aromatic rings. The summed E-state index contributed by atoms with van der Waals surface area (Å²) in [6.07, 6.45) is 0.854. The van der Waals surface area contributed by atoms with Gasteiger partial charge in [0.25, 0.3) is 0 Å². The van der Waals surface area contributed by atoms with Gasteiger partial charge in [0.2, 0.25) is 11.7 Å². The number of carbonyl (C=O) groups is 1. The van der Waals surface area contributed by atoms with Crippen molar-refractivity contribution in [1.82, 2.24) is 10.2 Å². The summed E-state index contributed by atoms with van der Waals surface area (Å²) in [5.74, 6) is -0.982. The van der Waals surface area contributed by atoms with Crippen LogP contribution in [-0.4, -0.2) is 35.9 Å². The van der Waals surface area contributed by atoms with Crippen molar-refractivity contribution in [2.75, 3.05) is 20.1 Å². The lowest BCUT2D eigenvalue weighted by molar-refractivity contribution is -0.387. The van der Waals surface area contributed by atoms with Gasteiger partial charge < -0.3 is 5.32 Å². The Balaban J connectivity index is 2.80. The van der Waals surface area contributed by atoms with Gasteiger partial charge in [0, 0.05) is 19.7 Å². The van der Waals surface area contributed by atoms with E-state index >= 15 is 0 Å². The number of benzene rings is 1. The molecular weight excluding hydrogens is 265 g/mol. The van der Waals surface area contributed by atoms with Crippen molar-refractivity contribution >= 4 is 11.6 Å². The molecule has 7 heteroatoms. The molecule has 0 unspecified atom stereocenters. The predicted octanol–water partition coefficient (Wildman–Crippen LogP) is 1.69. The summed E-state index contributed by atoms with van der Waals surface area (Å²) in [6.45, 7) is 3.25. The standard InChI is InChI=1S/C13H18FN3O3/c1-3-6-16(9-13(18)15-2)8-10-4-5-12(17(19)20)11(14)7-10/h4-5,7H,3,6,8-9H2,1-2H3,(H,15,18). The predicted molar refractivity (Wildman–Crippen MR) is 72.7 cm³/mol. The van der Waals surface area contributed by atoms with E-state index in [2.05, 4.69) is 5.32 Å². The van der Waals surface area contributed by atoms with Crippen molar-refractivity contribution in [3.8, 4) is 0 Å². The zero-order valence-corrected chi connectivity index (χ0v) is 11.6. The largest absolute Gasteiger partial charge is 0.358 e. The fraction of sp³-hybridized carbons (Fsp3) is 0.462. The molecule has 1 rings (SSSR count). The zero-order chi connectivity index (χ0) is 15.1. The highest BCUT2D eigenvalue weighted by atomic mass is 19.1. The lowest BCUT2D eigenvalue weighted by Crippen LogP contribution is -2.35. The summed E-state index contributed by atoms with van der Waals surface area (Å²) in [5.41, 5.74) is 0.0625. The first kappa shape index (κ1) is 16.0. The van der Waals surface area contributed by atoms with Gasteiger partial charge in [0.1, 0.15) is 0 Å². The Morgan fingerprint density at radius 1 is 1.50 bits per heavy atom. The number of carbonyl (C=O) groups excluding carboxylic acids is 1. The molecule has 1 aromatic carbocycles. The zero-order valence-electron chi connectivity index (χ0n) is 11.6. The van der Waals surface area contributed by atoms with E-state index in [0.717, 1.165) is 18.6 Å². The molecule has 110 valence electrons. The second-order valence-corrected chi connectivity index (χ2v) is 4.43. The Kier molecular flexibility index (Phi) is 6.05. The first-order valence-electron chi connectivity index (χ1n) is 6.33. The average Bonchev–Trinajstić information content (AvgIpc) is 2.38. The summed E-state index contributed by atoms with van der Waals surface area (Å²) < 4.78 is 13.5. The van der Waals surface area contributed by atoms with Crippen LogP contribution in [0.4, 0.5) is 10.1 Å². The highest BCUT2D eigenvalue weighted by Gasteiger charge is 2.15. The number of rotatable bonds is 7. The number of hydrogen-bond acceptors (Lipinski definition) is 4. The van der Waals surface area contributed by atoms with Gasteiger partial charge in [-0.1, -0.05) is 13.0 Å². The van der Waals surface area contributed by atoms with Crippen molar-refractivity contribution in [3.63, 3.8) is 0 Å². The molecular formula is C13H18FN3O3. The molecule has 0 bridgehead atoms. The average molecular weight is 283 g/mol. The number of halogens is 1. The van der Waals surface area contributed by atoms with Crippen LogP contribution in [-0.2, 0) is 11.3 Å². The number of nitro groups is 1. The van der Waals surface area contributed by atoms with Gasteiger partial charge in [-0.3, -0.25) is 19.8 Å². The molecule has 0 radical (unpaired) electrons. The fourth-order valence-electron chi connectivity index (χ4n) is 1.87. The van der Waals surface area contributed by atoms with Crippen LogP contribution in [0.5, 0.6) is 0 Å². The topological polar surface area (TPSA) is 75.5 Å². The van der Waals surface area contributed by atoms with Crippen LogP contribution in [0, 0.1) is 15.9 Å². The van der Waals surface area contributed by atoms with E-state index < -0.39 is 16.4 Å². The van der Waals surface area contributed by atoms with Crippen molar-refractivity contribution in [2.24, 2.45) is 0 Å². The first-order valence-corrected chi connectivity index (χ1v) is 6.33. The molecule has 0 aliphatic heterocycles. The summed E-state index contributed by atoms with van der Waals surface area (Å²) in [7, 11) is 1.55. The Hall–Kier alpha value is -2.02. The number of nitro benzene ring substituents is 1. The first-order chi connectivity index (χ1) is 9.47. The van der Waals surface area contributed by atoms with E-state index in [-0.39, 0.29) is 12.5 Å². The van der Waals surface area contributed by atoms with Crippen LogP contribution in [0.2, 0.25) is 0 Å². The van der Waals surface area contributed by atoms with E-state index in [1.165, 1.54) is 6.07 Å². The molecule has 0 saturated carbocycles. The minimum absolute atomic E-state index is 0.124. The van der Waals surface area contributed by atoms with Gasteiger partial charge in [-0.25, -0.2) is 0 Å². The molecule has 0 heterocycles. The van der Waals surface area contributed by atoms with E-state index in [1.807, 2.05) is 11.8 Å². The highest BCUT2D eigenvalue weighted by Crippen LogP contribution is 2.19. The minimum Gasteiger partial charge on any atom is -0.358 e. The molecule has 0 aromatic heterocycles. The summed E-state index contributed by atoms with van der Waals surface area (Å²) in [6, 6.07) is 3.80. The number of amides is 1. The number of hydrogen-bond donors (Lipinski definition) is 1. The quantitative estimate of drug-likeness (QED) is 0.610. The highest BCUT2D eigenvalue weighted by molar-refractivity contribution is 5.77. The van der Waals surface area contributed by atoms with Crippen LogP contribution >= 0.6 is 0 Å². The third kappa shape index (κ3) is 4.58. The Morgan fingerprint density at radius 3 is 2.70 bits per heavy atom. The number of nitrogens with zero attached hydrogens (tertiary/aromatic N) is 2. The van der Waals surface area contributed by atoms with Gasteiger partial charge >= 0.3 is 5.69 Å². The molecule has 20 heavy (non-hydrogen) atoms. The Bertz CT molecular complexity index is 494. The van der Waals surface area contributed by atoms with Crippen molar-refractivity contribution in [1.29, 1.82) is 0 Å². The second-order valence-electron chi connectivity index (χ2n) is 4.43. The van der Waals surface area contributed by atoms with Crippen molar-refractivity contribution in [2.45, 2.75) is 19.9 Å². The third-order valence-corrected chi connectivity index (χ3v) is 2.80. The van der Waals surface area contributed by atoms with Crippen molar-refractivity contribution in [3.05, 3.63) is 39.7 Å². The normalized spacial score (nSPS) is 10.6. The van der Waals surface area contributed by atoms with Crippen LogP contribution in [0.3, 0.4) is 0 Å². The van der Waals surface area contributed by atoms with Crippen LogP contribution in [0.25, 0.3) is 0 Å².